The van der Waals surface area contributed by atoms with E-state index in [1.54, 1.807) is 26.4 Å². The van der Waals surface area contributed by atoms with Crippen molar-refractivity contribution in [1.82, 2.24) is 5.32 Å². The van der Waals surface area contributed by atoms with Crippen molar-refractivity contribution in [3.05, 3.63) is 95.1 Å². The lowest BCUT2D eigenvalue weighted by Gasteiger charge is -2.10. The van der Waals surface area contributed by atoms with E-state index >= 15 is 0 Å². The molecule has 0 saturated carbocycles. The van der Waals surface area contributed by atoms with E-state index in [4.69, 9.17) is 14.2 Å². The first-order valence-electron chi connectivity index (χ1n) is 10.5. The van der Waals surface area contributed by atoms with Crippen LogP contribution in [0.1, 0.15) is 16.7 Å². The van der Waals surface area contributed by atoms with Gasteiger partial charge >= 0.3 is 0 Å². The summed E-state index contributed by atoms with van der Waals surface area (Å²) >= 11 is 0. The molecule has 0 bridgehead atoms. The number of ether oxygens (including phenoxy) is 3. The van der Waals surface area contributed by atoms with Crippen LogP contribution in [-0.2, 0) is 17.8 Å². The molecular formula is C27H26N2O4. The molecule has 0 unspecified atom stereocenters. The van der Waals surface area contributed by atoms with Gasteiger partial charge in [-0.15, -0.1) is 0 Å². The summed E-state index contributed by atoms with van der Waals surface area (Å²) in [6.45, 7) is 0.823. The molecule has 0 atom stereocenters. The number of benzene rings is 3. The molecule has 3 aromatic carbocycles. The molecule has 0 aliphatic heterocycles. The van der Waals surface area contributed by atoms with E-state index in [1.807, 2.05) is 72.8 Å². The van der Waals surface area contributed by atoms with Crippen LogP contribution in [0.2, 0.25) is 0 Å². The van der Waals surface area contributed by atoms with Gasteiger partial charge in [0, 0.05) is 6.54 Å². The van der Waals surface area contributed by atoms with Crippen LogP contribution in [-0.4, -0.2) is 26.7 Å². The summed E-state index contributed by atoms with van der Waals surface area (Å²) in [7, 11) is 3.16. The highest BCUT2D eigenvalue weighted by Crippen LogP contribution is 2.27. The minimum absolute atomic E-state index is 0.0301. The molecule has 3 rings (SSSR count). The Labute approximate surface area is 194 Å². The molecule has 0 radical (unpaired) electrons. The predicted octanol–water partition coefficient (Wildman–Crippen LogP) is 4.55. The van der Waals surface area contributed by atoms with E-state index in [0.717, 1.165) is 11.1 Å². The molecule has 6 heteroatoms. The summed E-state index contributed by atoms with van der Waals surface area (Å²) in [4.78, 5) is 12.5. The molecule has 0 saturated heterocycles. The van der Waals surface area contributed by atoms with E-state index in [9.17, 15) is 10.1 Å². The van der Waals surface area contributed by atoms with Crippen LogP contribution in [0.3, 0.4) is 0 Å². The first kappa shape index (κ1) is 23.4. The average molecular weight is 443 g/mol. The highest BCUT2D eigenvalue weighted by Gasteiger charge is 2.10. The first-order valence-corrected chi connectivity index (χ1v) is 10.5. The van der Waals surface area contributed by atoms with Crippen molar-refractivity contribution >= 4 is 12.0 Å². The van der Waals surface area contributed by atoms with Crippen LogP contribution in [0, 0.1) is 11.3 Å². The Hall–Kier alpha value is -4.24. The molecule has 0 spiro atoms. The van der Waals surface area contributed by atoms with Gasteiger partial charge in [-0.1, -0.05) is 48.5 Å². The number of hydrogen-bond donors (Lipinski definition) is 1. The van der Waals surface area contributed by atoms with Crippen LogP contribution in [0.15, 0.2) is 78.4 Å². The molecule has 0 fully saturated rings. The van der Waals surface area contributed by atoms with Crippen LogP contribution in [0.4, 0.5) is 0 Å². The number of carbonyl (C=O) groups is 1. The van der Waals surface area contributed by atoms with Gasteiger partial charge in [0.1, 0.15) is 24.0 Å². The van der Waals surface area contributed by atoms with E-state index in [1.165, 1.54) is 0 Å². The zero-order chi connectivity index (χ0) is 23.5. The third-order valence-corrected chi connectivity index (χ3v) is 4.93. The van der Waals surface area contributed by atoms with E-state index in [0.29, 0.717) is 42.4 Å². The van der Waals surface area contributed by atoms with E-state index < -0.39 is 5.91 Å². The molecular weight excluding hydrogens is 416 g/mol. The van der Waals surface area contributed by atoms with Gasteiger partial charge in [0.25, 0.3) is 5.91 Å². The summed E-state index contributed by atoms with van der Waals surface area (Å²) in [5, 5.41) is 12.3. The zero-order valence-electron chi connectivity index (χ0n) is 18.7. The topological polar surface area (TPSA) is 80.6 Å². The lowest BCUT2D eigenvalue weighted by Crippen LogP contribution is -2.26. The third kappa shape index (κ3) is 6.88. The SMILES string of the molecule is COc1ccc(CCNC(=O)/C(C#N)=C/c2cccc(OCc3ccccc3)c2)cc1OC. The molecule has 33 heavy (non-hydrogen) atoms. The number of hydrogen-bond acceptors (Lipinski definition) is 5. The van der Waals surface area contributed by atoms with Gasteiger partial charge in [-0.05, 0) is 53.5 Å². The number of nitriles is 1. The molecule has 0 aliphatic carbocycles. The summed E-state index contributed by atoms with van der Waals surface area (Å²) in [5.74, 6) is 1.52. The number of rotatable bonds is 10. The summed E-state index contributed by atoms with van der Waals surface area (Å²) in [6.07, 6.45) is 2.15. The highest BCUT2D eigenvalue weighted by molar-refractivity contribution is 6.01. The molecule has 168 valence electrons. The Morgan fingerprint density at radius 2 is 1.73 bits per heavy atom. The normalized spacial score (nSPS) is 10.8. The number of nitrogens with one attached hydrogen (secondary N) is 1. The third-order valence-electron chi connectivity index (χ3n) is 4.93. The highest BCUT2D eigenvalue weighted by atomic mass is 16.5. The summed E-state index contributed by atoms with van der Waals surface area (Å²) in [5.41, 5.74) is 2.79. The van der Waals surface area contributed by atoms with Crippen molar-refractivity contribution in [2.24, 2.45) is 0 Å². The summed E-state index contributed by atoms with van der Waals surface area (Å²) < 4.78 is 16.4. The summed E-state index contributed by atoms with van der Waals surface area (Å²) in [6, 6.07) is 24.7. The lowest BCUT2D eigenvalue weighted by molar-refractivity contribution is -0.117. The second kappa shape index (κ2) is 12.0. The second-order valence-corrected chi connectivity index (χ2v) is 7.21. The smallest absolute Gasteiger partial charge is 0.261 e. The van der Waals surface area contributed by atoms with Crippen LogP contribution >= 0.6 is 0 Å². The quantitative estimate of drug-likeness (QED) is 0.368. The fourth-order valence-electron chi connectivity index (χ4n) is 3.20. The molecule has 3 aromatic rings. The Bertz CT molecular complexity index is 1150. The van der Waals surface area contributed by atoms with Gasteiger partial charge < -0.3 is 19.5 Å². The molecule has 0 aliphatic rings. The Morgan fingerprint density at radius 1 is 0.939 bits per heavy atom. The predicted molar refractivity (Wildman–Crippen MR) is 127 cm³/mol. The molecule has 0 aromatic heterocycles. The van der Waals surface area contributed by atoms with Crippen molar-refractivity contribution in [1.29, 1.82) is 5.26 Å². The maximum atomic E-state index is 12.5. The molecule has 0 heterocycles. The fraction of sp³-hybridized carbons (Fsp3) is 0.185. The minimum atomic E-state index is -0.423. The number of amides is 1. The van der Waals surface area contributed by atoms with E-state index in [2.05, 4.69) is 5.32 Å². The van der Waals surface area contributed by atoms with Gasteiger partial charge in [0.2, 0.25) is 0 Å². The van der Waals surface area contributed by atoms with Crippen LogP contribution < -0.4 is 19.5 Å². The van der Waals surface area contributed by atoms with Crippen molar-refractivity contribution < 1.29 is 19.0 Å². The van der Waals surface area contributed by atoms with Crippen LogP contribution in [0.25, 0.3) is 6.08 Å². The minimum Gasteiger partial charge on any atom is -0.493 e. The largest absolute Gasteiger partial charge is 0.493 e. The van der Waals surface area contributed by atoms with Gasteiger partial charge in [0.15, 0.2) is 11.5 Å². The average Bonchev–Trinajstić information content (AvgIpc) is 2.86. The molecule has 1 amide bonds. The number of carbonyl (C=O) groups excluding carboxylic acids is 1. The van der Waals surface area contributed by atoms with Gasteiger partial charge in [-0.2, -0.15) is 5.26 Å². The van der Waals surface area contributed by atoms with Crippen molar-refractivity contribution in [2.75, 3.05) is 20.8 Å². The van der Waals surface area contributed by atoms with Crippen molar-refractivity contribution in [3.8, 4) is 23.3 Å². The fourth-order valence-corrected chi connectivity index (χ4v) is 3.20. The van der Waals surface area contributed by atoms with E-state index in [-0.39, 0.29) is 5.57 Å². The van der Waals surface area contributed by atoms with Crippen LogP contribution in [0.5, 0.6) is 17.2 Å². The molecule has 1 N–H and O–H groups in total. The monoisotopic (exact) mass is 442 g/mol. The Balaban J connectivity index is 1.58. The number of nitrogens with zero attached hydrogens (tertiary/aromatic N) is 1. The second-order valence-electron chi connectivity index (χ2n) is 7.21. The maximum absolute atomic E-state index is 12.5. The number of methoxy groups -OCH3 is 2. The lowest BCUT2D eigenvalue weighted by atomic mass is 10.1. The van der Waals surface area contributed by atoms with Gasteiger partial charge in [-0.3, -0.25) is 4.79 Å². The standard InChI is InChI=1S/C27H26N2O4/c1-31-25-12-11-20(17-26(25)32-2)13-14-29-27(30)23(18-28)15-22-9-6-10-24(16-22)33-19-21-7-4-3-5-8-21/h3-12,15-17H,13-14,19H2,1-2H3,(H,29,30)/b23-15+. The first-order chi connectivity index (χ1) is 16.1. The maximum Gasteiger partial charge on any atom is 0.261 e. The van der Waals surface area contributed by atoms with Gasteiger partial charge in [0.05, 0.1) is 14.2 Å². The van der Waals surface area contributed by atoms with Crippen molar-refractivity contribution in [2.45, 2.75) is 13.0 Å². The Morgan fingerprint density at radius 3 is 2.45 bits per heavy atom. The van der Waals surface area contributed by atoms with Crippen molar-refractivity contribution in [3.63, 3.8) is 0 Å². The zero-order valence-corrected chi connectivity index (χ0v) is 18.7. The Kier molecular flexibility index (Phi) is 8.49. The van der Waals surface area contributed by atoms with Gasteiger partial charge in [-0.25, -0.2) is 0 Å². The molecule has 6 nitrogen and oxygen atoms in total.